The fourth-order valence-corrected chi connectivity index (χ4v) is 3.44. The molecule has 0 fully saturated rings. The Balaban J connectivity index is 1.76. The zero-order chi connectivity index (χ0) is 17.6. The Morgan fingerprint density at radius 2 is 2.08 bits per heavy atom. The number of hydrogen-bond acceptors (Lipinski definition) is 3. The van der Waals surface area contributed by atoms with Crippen LogP contribution in [0.4, 0.5) is 0 Å². The summed E-state index contributed by atoms with van der Waals surface area (Å²) < 4.78 is 7.63. The van der Waals surface area contributed by atoms with E-state index in [1.165, 1.54) is 11.1 Å². The van der Waals surface area contributed by atoms with Gasteiger partial charge in [-0.15, -0.1) is 0 Å². The van der Waals surface area contributed by atoms with Gasteiger partial charge in [0, 0.05) is 18.6 Å². The first kappa shape index (κ1) is 15.7. The van der Waals surface area contributed by atoms with Crippen molar-refractivity contribution in [2.75, 3.05) is 13.2 Å². The molecular weight excluding hydrogens is 314 g/mol. The highest BCUT2D eigenvalue weighted by Crippen LogP contribution is 2.32. The summed E-state index contributed by atoms with van der Waals surface area (Å²) in [5, 5.41) is 8.44. The first-order chi connectivity index (χ1) is 12.0. The summed E-state index contributed by atoms with van der Waals surface area (Å²) in [5.41, 5.74) is 6.22. The third-order valence-electron chi connectivity index (χ3n) is 4.90. The Hall–Kier alpha value is -2.82. The maximum Gasteiger partial charge on any atom is 0.255 e. The first-order valence-electron chi connectivity index (χ1n) is 8.49. The largest absolute Gasteiger partial charge is 0.491 e. The molecular formula is C20H21N3O2. The van der Waals surface area contributed by atoms with Gasteiger partial charge < -0.3 is 10.1 Å². The Labute approximate surface area is 146 Å². The Morgan fingerprint density at radius 3 is 2.92 bits per heavy atom. The highest BCUT2D eigenvalue weighted by Gasteiger charge is 2.21. The molecule has 0 atom stereocenters. The van der Waals surface area contributed by atoms with Crippen LogP contribution in [0.5, 0.6) is 5.75 Å². The molecule has 0 saturated carbocycles. The molecule has 0 saturated heterocycles. The second-order valence-corrected chi connectivity index (χ2v) is 6.64. The monoisotopic (exact) mass is 335 g/mol. The topological polar surface area (TPSA) is 56.1 Å². The molecule has 0 unspecified atom stereocenters. The Kier molecular flexibility index (Phi) is 3.71. The fourth-order valence-electron chi connectivity index (χ4n) is 3.44. The van der Waals surface area contributed by atoms with Gasteiger partial charge in [0.2, 0.25) is 0 Å². The van der Waals surface area contributed by atoms with Crippen LogP contribution in [0, 0.1) is 13.8 Å². The molecule has 1 aliphatic rings. The molecule has 5 nitrogen and oxygen atoms in total. The SMILES string of the molecule is Cc1c(Cc2ccc3nn(C)cc3c2)cc2c(c1C)OCCNC2=O. The van der Waals surface area contributed by atoms with Gasteiger partial charge in [-0.25, -0.2) is 0 Å². The van der Waals surface area contributed by atoms with Crippen LogP contribution in [0.3, 0.4) is 0 Å². The van der Waals surface area contributed by atoms with E-state index in [-0.39, 0.29) is 5.91 Å². The summed E-state index contributed by atoms with van der Waals surface area (Å²) in [7, 11) is 1.93. The van der Waals surface area contributed by atoms with Gasteiger partial charge in [0.25, 0.3) is 5.91 Å². The molecule has 2 aromatic carbocycles. The number of carbonyl (C=O) groups excluding carboxylic acids is 1. The number of ether oxygens (including phenoxy) is 1. The second kappa shape index (κ2) is 5.92. The molecule has 2 heterocycles. The van der Waals surface area contributed by atoms with E-state index in [9.17, 15) is 4.79 Å². The van der Waals surface area contributed by atoms with Crippen LogP contribution >= 0.6 is 0 Å². The van der Waals surface area contributed by atoms with E-state index in [1.807, 2.05) is 37.0 Å². The van der Waals surface area contributed by atoms with Gasteiger partial charge in [0.15, 0.2) is 0 Å². The molecule has 1 aromatic heterocycles. The lowest BCUT2D eigenvalue weighted by Crippen LogP contribution is -2.24. The van der Waals surface area contributed by atoms with Gasteiger partial charge >= 0.3 is 0 Å². The highest BCUT2D eigenvalue weighted by atomic mass is 16.5. The minimum atomic E-state index is -0.0560. The number of rotatable bonds is 2. The van der Waals surface area contributed by atoms with Crippen LogP contribution in [-0.4, -0.2) is 28.8 Å². The fraction of sp³-hybridized carbons (Fsp3) is 0.300. The molecule has 128 valence electrons. The van der Waals surface area contributed by atoms with Crippen molar-refractivity contribution >= 4 is 16.8 Å². The number of nitrogens with zero attached hydrogens (tertiary/aromatic N) is 2. The van der Waals surface area contributed by atoms with E-state index >= 15 is 0 Å². The lowest BCUT2D eigenvalue weighted by atomic mass is 9.93. The van der Waals surface area contributed by atoms with E-state index in [0.717, 1.165) is 34.2 Å². The molecule has 5 heteroatoms. The summed E-state index contributed by atoms with van der Waals surface area (Å²) in [6, 6.07) is 8.30. The summed E-state index contributed by atoms with van der Waals surface area (Å²) in [4.78, 5) is 12.3. The van der Waals surface area contributed by atoms with Crippen LogP contribution < -0.4 is 10.1 Å². The standard InChI is InChI=1S/C20H21N3O2/c1-12-13(2)19-17(20(24)21-6-7-25-19)10-15(12)8-14-4-5-18-16(9-14)11-23(3)22-18/h4-5,9-11H,6-8H2,1-3H3,(H,21,24). The van der Waals surface area contributed by atoms with Crippen molar-refractivity contribution in [1.82, 2.24) is 15.1 Å². The molecule has 1 amide bonds. The minimum Gasteiger partial charge on any atom is -0.491 e. The quantitative estimate of drug-likeness (QED) is 0.783. The van der Waals surface area contributed by atoms with Crippen molar-refractivity contribution in [3.05, 3.63) is 58.3 Å². The number of hydrogen-bond donors (Lipinski definition) is 1. The first-order valence-corrected chi connectivity index (χ1v) is 8.49. The van der Waals surface area contributed by atoms with Crippen LogP contribution in [-0.2, 0) is 13.5 Å². The van der Waals surface area contributed by atoms with Gasteiger partial charge in [0.1, 0.15) is 12.4 Å². The third kappa shape index (κ3) is 2.76. The molecule has 0 spiro atoms. The van der Waals surface area contributed by atoms with Gasteiger partial charge in [-0.3, -0.25) is 9.48 Å². The zero-order valence-electron chi connectivity index (χ0n) is 14.7. The maximum absolute atomic E-state index is 12.3. The summed E-state index contributed by atoms with van der Waals surface area (Å²) in [5.74, 6) is 0.665. The maximum atomic E-state index is 12.3. The minimum absolute atomic E-state index is 0.0560. The second-order valence-electron chi connectivity index (χ2n) is 6.64. The van der Waals surface area contributed by atoms with Crippen LogP contribution in [0.1, 0.15) is 32.6 Å². The van der Waals surface area contributed by atoms with E-state index < -0.39 is 0 Å². The van der Waals surface area contributed by atoms with Gasteiger partial charge in [-0.2, -0.15) is 5.10 Å². The summed E-state index contributed by atoms with van der Waals surface area (Å²) in [6.07, 6.45) is 2.80. The number of amides is 1. The number of aryl methyl sites for hydroxylation is 1. The molecule has 4 rings (SSSR count). The average molecular weight is 335 g/mol. The number of fused-ring (bicyclic) bond motifs is 2. The van der Waals surface area contributed by atoms with Gasteiger partial charge in [-0.1, -0.05) is 6.07 Å². The highest BCUT2D eigenvalue weighted by molar-refractivity contribution is 5.98. The number of aromatic nitrogens is 2. The van der Waals surface area contributed by atoms with Crippen LogP contribution in [0.25, 0.3) is 10.9 Å². The van der Waals surface area contributed by atoms with Crippen molar-refractivity contribution in [2.45, 2.75) is 20.3 Å². The van der Waals surface area contributed by atoms with Crippen molar-refractivity contribution < 1.29 is 9.53 Å². The number of carbonyl (C=O) groups is 1. The Morgan fingerprint density at radius 1 is 1.24 bits per heavy atom. The lowest BCUT2D eigenvalue weighted by Gasteiger charge is -2.16. The average Bonchev–Trinajstić information content (AvgIpc) is 2.85. The summed E-state index contributed by atoms with van der Waals surface area (Å²) >= 11 is 0. The third-order valence-corrected chi connectivity index (χ3v) is 4.90. The van der Waals surface area contributed by atoms with Crippen molar-refractivity contribution in [3.63, 3.8) is 0 Å². The molecule has 0 bridgehead atoms. The molecule has 25 heavy (non-hydrogen) atoms. The predicted octanol–water partition coefficient (Wildman–Crippen LogP) is 2.90. The molecule has 3 aromatic rings. The normalized spacial score (nSPS) is 14.0. The Bertz CT molecular complexity index is 988. The van der Waals surface area contributed by atoms with Crippen LogP contribution in [0.15, 0.2) is 30.5 Å². The van der Waals surface area contributed by atoms with E-state index in [2.05, 4.69) is 29.5 Å². The molecule has 0 aliphatic carbocycles. The summed E-state index contributed by atoms with van der Waals surface area (Å²) in [6.45, 7) is 5.18. The van der Waals surface area contributed by atoms with Gasteiger partial charge in [-0.05, 0) is 60.7 Å². The molecule has 1 N–H and O–H groups in total. The predicted molar refractivity (Wildman–Crippen MR) is 97.3 cm³/mol. The van der Waals surface area contributed by atoms with E-state index in [4.69, 9.17) is 4.74 Å². The van der Waals surface area contributed by atoms with E-state index in [0.29, 0.717) is 18.7 Å². The molecule has 0 radical (unpaired) electrons. The lowest BCUT2D eigenvalue weighted by molar-refractivity contribution is 0.0957. The number of benzene rings is 2. The van der Waals surface area contributed by atoms with E-state index in [1.54, 1.807) is 0 Å². The zero-order valence-corrected chi connectivity index (χ0v) is 14.7. The number of nitrogens with one attached hydrogen (secondary N) is 1. The van der Waals surface area contributed by atoms with Crippen molar-refractivity contribution in [3.8, 4) is 5.75 Å². The van der Waals surface area contributed by atoms with Crippen molar-refractivity contribution in [2.24, 2.45) is 7.05 Å². The molecule has 1 aliphatic heterocycles. The van der Waals surface area contributed by atoms with Crippen LogP contribution in [0.2, 0.25) is 0 Å². The van der Waals surface area contributed by atoms with Gasteiger partial charge in [0.05, 0.1) is 17.6 Å². The smallest absolute Gasteiger partial charge is 0.255 e. The van der Waals surface area contributed by atoms with Crippen molar-refractivity contribution in [1.29, 1.82) is 0 Å².